The highest BCUT2D eigenvalue weighted by Crippen LogP contribution is 2.47. The summed E-state index contributed by atoms with van der Waals surface area (Å²) in [5.74, 6) is -0.571. The fraction of sp³-hybridized carbons (Fsp3) is 0.618. The molecule has 2 fully saturated rings. The van der Waals surface area contributed by atoms with Crippen LogP contribution in [0.25, 0.3) is 0 Å². The third-order valence-corrected chi connectivity index (χ3v) is 8.45. The molecule has 246 valence electrons. The van der Waals surface area contributed by atoms with E-state index >= 15 is 0 Å². The van der Waals surface area contributed by atoms with Crippen LogP contribution in [0.15, 0.2) is 40.9 Å². The lowest BCUT2D eigenvalue weighted by Gasteiger charge is -2.27. The first-order valence-electron chi connectivity index (χ1n) is 16.2. The number of ketones is 1. The van der Waals surface area contributed by atoms with Crippen molar-refractivity contribution in [3.8, 4) is 0 Å². The van der Waals surface area contributed by atoms with Crippen LogP contribution < -0.4 is 16.0 Å². The molecule has 0 spiro atoms. The number of nitrogens with zero attached hydrogens (tertiary/aromatic N) is 2. The maximum Gasteiger partial charge on any atom is 0.274 e. The number of hydrogen-bond donors (Lipinski definition) is 3. The number of hydrogen-bond acceptors (Lipinski definition) is 8. The van der Waals surface area contributed by atoms with Crippen molar-refractivity contribution in [2.24, 2.45) is 17.3 Å². The van der Waals surface area contributed by atoms with Crippen LogP contribution in [0.4, 0.5) is 0 Å². The molecule has 0 bridgehead atoms. The molecule has 1 saturated heterocycles. The fourth-order valence-electron chi connectivity index (χ4n) is 5.57. The van der Waals surface area contributed by atoms with Crippen molar-refractivity contribution in [3.05, 3.63) is 53.4 Å². The quantitative estimate of drug-likeness (QED) is 0.259. The summed E-state index contributed by atoms with van der Waals surface area (Å²) in [6, 6.07) is 8.50. The molecule has 2 aliphatic rings. The van der Waals surface area contributed by atoms with Crippen LogP contribution in [0.5, 0.6) is 0 Å². The maximum atomic E-state index is 13.8. The molecule has 3 N–H and O–H groups in total. The second-order valence-electron chi connectivity index (χ2n) is 13.6. The van der Waals surface area contributed by atoms with Gasteiger partial charge in [0.05, 0.1) is 25.8 Å². The van der Waals surface area contributed by atoms with Gasteiger partial charge in [0.2, 0.25) is 11.8 Å². The summed E-state index contributed by atoms with van der Waals surface area (Å²) < 4.78 is 10.8. The van der Waals surface area contributed by atoms with E-state index in [9.17, 15) is 19.2 Å². The molecular formula is C34H49N5O6. The highest BCUT2D eigenvalue weighted by molar-refractivity contribution is 5.98. The summed E-state index contributed by atoms with van der Waals surface area (Å²) in [7, 11) is 0. The lowest BCUT2D eigenvalue weighted by Crippen LogP contribution is -2.57. The minimum absolute atomic E-state index is 0.0416. The second kappa shape index (κ2) is 15.6. The molecule has 1 aliphatic carbocycles. The van der Waals surface area contributed by atoms with E-state index in [1.807, 2.05) is 65.0 Å². The first kappa shape index (κ1) is 34.3. The van der Waals surface area contributed by atoms with E-state index in [1.54, 1.807) is 6.07 Å². The van der Waals surface area contributed by atoms with E-state index in [-0.39, 0.29) is 29.7 Å². The largest absolute Gasteiger partial charge is 0.379 e. The van der Waals surface area contributed by atoms with Crippen LogP contribution in [-0.4, -0.2) is 78.0 Å². The zero-order valence-corrected chi connectivity index (χ0v) is 27.3. The topological polar surface area (TPSA) is 143 Å². The van der Waals surface area contributed by atoms with Crippen LogP contribution in [0.3, 0.4) is 0 Å². The molecule has 3 atom stereocenters. The maximum absolute atomic E-state index is 13.8. The van der Waals surface area contributed by atoms with Crippen LogP contribution in [0.2, 0.25) is 0 Å². The SMILES string of the molecule is CC(C)C[C@H](NC(=O)c1cc(CN2CCOCC2)on1)C(=O)N[C@@H](Cc1ccccc1)C(=O)N[C@@H](CC(C)C)C(=O)C1(C)CC1. The summed E-state index contributed by atoms with van der Waals surface area (Å²) >= 11 is 0. The molecule has 1 aromatic carbocycles. The lowest BCUT2D eigenvalue weighted by molar-refractivity contribution is -0.133. The van der Waals surface area contributed by atoms with Gasteiger partial charge in [-0.1, -0.05) is 70.1 Å². The molecule has 4 rings (SSSR count). The number of nitrogens with one attached hydrogen (secondary N) is 3. The van der Waals surface area contributed by atoms with Gasteiger partial charge in [-0.05, 0) is 43.1 Å². The summed E-state index contributed by atoms with van der Waals surface area (Å²) in [5.41, 5.74) is 0.543. The Hall–Kier alpha value is -3.57. The third kappa shape index (κ3) is 10.2. The van der Waals surface area contributed by atoms with Crippen LogP contribution in [0, 0.1) is 17.3 Å². The Kier molecular flexibility index (Phi) is 11.9. The van der Waals surface area contributed by atoms with Gasteiger partial charge >= 0.3 is 0 Å². The van der Waals surface area contributed by atoms with E-state index in [2.05, 4.69) is 26.0 Å². The van der Waals surface area contributed by atoms with Gasteiger partial charge in [-0.3, -0.25) is 24.1 Å². The number of benzene rings is 1. The van der Waals surface area contributed by atoms with Gasteiger partial charge in [0.1, 0.15) is 12.1 Å². The van der Waals surface area contributed by atoms with Gasteiger partial charge in [0.25, 0.3) is 5.91 Å². The molecule has 3 amide bonds. The van der Waals surface area contributed by atoms with Crippen molar-refractivity contribution in [2.45, 2.75) is 91.4 Å². The van der Waals surface area contributed by atoms with Crippen molar-refractivity contribution in [2.75, 3.05) is 26.3 Å². The van der Waals surface area contributed by atoms with Crippen molar-refractivity contribution in [1.82, 2.24) is 26.0 Å². The number of morpholine rings is 1. The molecule has 1 aromatic heterocycles. The summed E-state index contributed by atoms with van der Waals surface area (Å²) in [6.07, 6.45) is 2.73. The summed E-state index contributed by atoms with van der Waals surface area (Å²) in [6.45, 7) is 13.2. The zero-order valence-electron chi connectivity index (χ0n) is 27.3. The molecule has 2 aromatic rings. The monoisotopic (exact) mass is 623 g/mol. The molecule has 1 saturated carbocycles. The Morgan fingerprint density at radius 2 is 1.47 bits per heavy atom. The van der Waals surface area contributed by atoms with Crippen molar-refractivity contribution in [1.29, 1.82) is 0 Å². The smallest absolute Gasteiger partial charge is 0.274 e. The number of carbonyl (C=O) groups excluding carboxylic acids is 4. The fourth-order valence-corrected chi connectivity index (χ4v) is 5.57. The Bertz CT molecular complexity index is 1300. The van der Waals surface area contributed by atoms with Gasteiger partial charge in [0.15, 0.2) is 17.2 Å². The second-order valence-corrected chi connectivity index (χ2v) is 13.6. The highest BCUT2D eigenvalue weighted by atomic mass is 16.5. The van der Waals surface area contributed by atoms with E-state index in [1.165, 1.54) is 0 Å². The molecule has 0 radical (unpaired) electrons. The number of ether oxygens (including phenoxy) is 1. The molecule has 11 heteroatoms. The predicted molar refractivity (Wildman–Crippen MR) is 169 cm³/mol. The molecule has 0 unspecified atom stereocenters. The van der Waals surface area contributed by atoms with Crippen LogP contribution >= 0.6 is 0 Å². The first-order valence-corrected chi connectivity index (χ1v) is 16.2. The highest BCUT2D eigenvalue weighted by Gasteiger charge is 2.48. The average molecular weight is 624 g/mol. The van der Waals surface area contributed by atoms with Crippen molar-refractivity contribution in [3.63, 3.8) is 0 Å². The number of amides is 3. The lowest BCUT2D eigenvalue weighted by atomic mass is 9.91. The molecule has 45 heavy (non-hydrogen) atoms. The third-order valence-electron chi connectivity index (χ3n) is 8.45. The minimum atomic E-state index is -0.951. The van der Waals surface area contributed by atoms with E-state index in [0.29, 0.717) is 38.4 Å². The molecule has 1 aliphatic heterocycles. The zero-order chi connectivity index (χ0) is 32.6. The van der Waals surface area contributed by atoms with Gasteiger partial charge in [-0.25, -0.2) is 0 Å². The standard InChI is InChI=1S/C34H49N5O6/c1-22(2)17-26(30(40)34(5)11-12-34)35-32(42)28(19-24-9-7-6-8-10-24)37-31(41)27(18-23(3)4)36-33(43)29-20-25(45-38-29)21-39-13-15-44-16-14-39/h6-10,20,22-23,26-28H,11-19,21H2,1-5H3,(H,35,42)(H,36,43)(H,37,41)/t26-,27-,28-/m0/s1. The molecule has 11 nitrogen and oxygen atoms in total. The van der Waals surface area contributed by atoms with Gasteiger partial charge in [-0.15, -0.1) is 0 Å². The number of Topliss-reactive ketones (excluding diaryl/α,β-unsaturated/α-hetero) is 1. The number of aromatic nitrogens is 1. The van der Waals surface area contributed by atoms with Gasteiger partial charge in [-0.2, -0.15) is 0 Å². The Morgan fingerprint density at radius 3 is 2.09 bits per heavy atom. The average Bonchev–Trinajstić information content (AvgIpc) is 3.58. The normalized spacial score (nSPS) is 18.2. The Labute approximate surface area is 266 Å². The van der Waals surface area contributed by atoms with E-state index in [0.717, 1.165) is 31.5 Å². The molecular weight excluding hydrogens is 574 g/mol. The van der Waals surface area contributed by atoms with E-state index < -0.39 is 41.3 Å². The first-order chi connectivity index (χ1) is 21.4. The van der Waals surface area contributed by atoms with Crippen molar-refractivity contribution >= 4 is 23.5 Å². The van der Waals surface area contributed by atoms with Crippen LogP contribution in [0.1, 0.15) is 82.1 Å². The van der Waals surface area contributed by atoms with Gasteiger partial charge < -0.3 is 25.2 Å². The predicted octanol–water partition coefficient (Wildman–Crippen LogP) is 3.28. The van der Waals surface area contributed by atoms with Crippen LogP contribution in [-0.2, 0) is 32.1 Å². The van der Waals surface area contributed by atoms with Gasteiger partial charge in [0, 0.05) is 31.0 Å². The van der Waals surface area contributed by atoms with Crippen molar-refractivity contribution < 1.29 is 28.4 Å². The Morgan fingerprint density at radius 1 is 0.867 bits per heavy atom. The summed E-state index contributed by atoms with van der Waals surface area (Å²) in [5, 5.41) is 12.6. The summed E-state index contributed by atoms with van der Waals surface area (Å²) in [4.78, 5) is 56.2. The molecule has 2 heterocycles. The minimum Gasteiger partial charge on any atom is -0.379 e. The van der Waals surface area contributed by atoms with E-state index in [4.69, 9.17) is 9.26 Å². The number of carbonyl (C=O) groups is 4. The number of rotatable bonds is 16. The Balaban J connectivity index is 1.47.